The topological polar surface area (TPSA) is 301 Å². The number of amides is 2. The minimum atomic E-state index is -1.97. The lowest BCUT2D eigenvalue weighted by Crippen LogP contribution is -2.69. The Morgan fingerprint density at radius 1 is 0.444 bits per heavy atom. The van der Waals surface area contributed by atoms with Crippen LogP contribution in [-0.2, 0) is 113 Å². The second-order valence-electron chi connectivity index (χ2n) is 17.0. The molecule has 0 aromatic heterocycles. The van der Waals surface area contributed by atoms with Crippen molar-refractivity contribution in [1.82, 2.24) is 10.6 Å². The van der Waals surface area contributed by atoms with Crippen LogP contribution in [0.1, 0.15) is 66.5 Å². The number of carbonyl (C=O) groups excluding carboxylic acids is 8. The summed E-state index contributed by atoms with van der Waals surface area (Å²) in [5.74, 6) is -6.10. The van der Waals surface area contributed by atoms with Gasteiger partial charge in [0.15, 0.2) is 43.3 Å². The fourth-order valence-electron chi connectivity index (χ4n) is 8.28. The largest absolute Gasteiger partial charge is 0.463 e. The molecule has 3 heterocycles. The van der Waals surface area contributed by atoms with E-state index < -0.39 is 159 Å². The van der Waals surface area contributed by atoms with Crippen LogP contribution in [0, 0.1) is 0 Å². The first kappa shape index (κ1) is 56.8. The fraction of sp³-hybridized carbons (Fsp3) is 0.583. The van der Waals surface area contributed by atoms with Gasteiger partial charge >= 0.3 is 35.8 Å². The van der Waals surface area contributed by atoms with Crippen molar-refractivity contribution in [2.24, 2.45) is 0 Å². The zero-order valence-electron chi connectivity index (χ0n) is 41.0. The Kier molecular flexibility index (Phi) is 21.4. The molecule has 0 spiro atoms. The van der Waals surface area contributed by atoms with Crippen molar-refractivity contribution in [1.29, 1.82) is 0 Å². The predicted molar refractivity (Wildman–Crippen MR) is 240 cm³/mol. The molecule has 0 saturated carbocycles. The Morgan fingerprint density at radius 3 is 1.25 bits per heavy atom. The van der Waals surface area contributed by atoms with E-state index in [2.05, 4.69) is 10.6 Å². The molecule has 0 radical (unpaired) electrons. The number of hydrogen-bond acceptors (Lipinski definition) is 22. The normalized spacial score (nSPS) is 30.1. The summed E-state index contributed by atoms with van der Waals surface area (Å²) in [6, 6.07) is 15.0. The van der Waals surface area contributed by atoms with Crippen LogP contribution in [0.15, 0.2) is 60.7 Å². The maximum atomic E-state index is 12.8. The van der Waals surface area contributed by atoms with E-state index in [0.29, 0.717) is 11.1 Å². The lowest BCUT2D eigenvalue weighted by molar-refractivity contribution is -0.362. The maximum absolute atomic E-state index is 12.8. The summed E-state index contributed by atoms with van der Waals surface area (Å²) in [7, 11) is 0. The van der Waals surface area contributed by atoms with Crippen LogP contribution in [0.4, 0.5) is 0 Å². The summed E-state index contributed by atoms with van der Waals surface area (Å²) in [5.41, 5.74) is 1.36. The molecule has 396 valence electrons. The molecule has 3 aliphatic heterocycles. The summed E-state index contributed by atoms with van der Waals surface area (Å²) in [5, 5.41) is 17.4. The number of carbonyl (C=O) groups is 8. The average Bonchev–Trinajstić information content (AvgIpc) is 3.30. The zero-order chi connectivity index (χ0) is 52.6. The molecule has 5 rings (SSSR count). The van der Waals surface area contributed by atoms with Crippen molar-refractivity contribution in [2.45, 2.75) is 161 Å². The van der Waals surface area contributed by atoms with E-state index in [9.17, 15) is 43.5 Å². The van der Waals surface area contributed by atoms with Crippen LogP contribution >= 0.6 is 0 Å². The monoisotopic (exact) mass is 1020 g/mol. The van der Waals surface area contributed by atoms with Gasteiger partial charge in [-0.15, -0.1) is 0 Å². The number of aliphatic hydroxyl groups is 1. The van der Waals surface area contributed by atoms with Gasteiger partial charge in [0, 0.05) is 55.4 Å². The van der Waals surface area contributed by atoms with Gasteiger partial charge in [-0.2, -0.15) is 0 Å². The fourth-order valence-corrected chi connectivity index (χ4v) is 8.28. The Bertz CT molecular complexity index is 2160. The number of rotatable bonds is 21. The highest BCUT2D eigenvalue weighted by Gasteiger charge is 2.56. The van der Waals surface area contributed by atoms with Gasteiger partial charge in [-0.1, -0.05) is 60.7 Å². The van der Waals surface area contributed by atoms with Crippen molar-refractivity contribution in [3.05, 3.63) is 71.8 Å². The molecule has 15 unspecified atom stereocenters. The summed E-state index contributed by atoms with van der Waals surface area (Å²) >= 11 is 0. The van der Waals surface area contributed by atoms with Gasteiger partial charge < -0.3 is 77.3 Å². The molecule has 3 fully saturated rings. The molecule has 24 heteroatoms. The van der Waals surface area contributed by atoms with Crippen LogP contribution in [-0.4, -0.2) is 165 Å². The molecule has 0 bridgehead atoms. The quantitative estimate of drug-likeness (QED) is 0.114. The van der Waals surface area contributed by atoms with E-state index in [0.717, 1.165) is 48.5 Å². The summed E-state index contributed by atoms with van der Waals surface area (Å²) in [6.07, 6.45) is -19.4. The average molecular weight is 1020 g/mol. The molecule has 24 nitrogen and oxygen atoms in total. The molecule has 2 aromatic carbocycles. The molecule has 3 aliphatic rings. The molecule has 2 aromatic rings. The number of ether oxygens (including phenoxy) is 13. The van der Waals surface area contributed by atoms with Gasteiger partial charge in [0.05, 0.1) is 19.8 Å². The molecule has 3 saturated heterocycles. The third-order valence-electron chi connectivity index (χ3n) is 11.0. The summed E-state index contributed by atoms with van der Waals surface area (Å²) in [6.45, 7) is 7.13. The first-order chi connectivity index (χ1) is 34.2. The van der Waals surface area contributed by atoms with Gasteiger partial charge in [0.25, 0.3) is 0 Å². The highest BCUT2D eigenvalue weighted by Crippen LogP contribution is 2.35. The zero-order valence-corrected chi connectivity index (χ0v) is 41.0. The van der Waals surface area contributed by atoms with Crippen molar-refractivity contribution < 1.29 is 105 Å². The van der Waals surface area contributed by atoms with Crippen molar-refractivity contribution >= 4 is 47.6 Å². The van der Waals surface area contributed by atoms with E-state index in [1.54, 1.807) is 60.7 Å². The van der Waals surface area contributed by atoms with Crippen LogP contribution in [0.2, 0.25) is 0 Å². The van der Waals surface area contributed by atoms with E-state index in [-0.39, 0.29) is 13.2 Å². The smallest absolute Gasteiger partial charge is 0.303 e. The molecule has 72 heavy (non-hydrogen) atoms. The van der Waals surface area contributed by atoms with E-state index >= 15 is 0 Å². The number of benzene rings is 2. The highest BCUT2D eigenvalue weighted by molar-refractivity contribution is 5.74. The SMILES string of the molecule is CC(=O)NC1C(OCC2OC(O)C(OC3OC(COC(C)=O)C(OC(C)=O)C(OC(C)=O)C3NC(C)=O)C(OCc3ccccc3)C2OCc2ccccc2)OC(COC(C)=O)C(OC(C)=O)C1OC(C)=O. The van der Waals surface area contributed by atoms with Crippen LogP contribution in [0.3, 0.4) is 0 Å². The van der Waals surface area contributed by atoms with E-state index in [1.807, 2.05) is 0 Å². The number of hydrogen-bond donors (Lipinski definition) is 3. The van der Waals surface area contributed by atoms with Gasteiger partial charge in [0.1, 0.15) is 61.9 Å². The molecular formula is C48H62N2O22. The van der Waals surface area contributed by atoms with Gasteiger partial charge in [-0.3, -0.25) is 38.4 Å². The van der Waals surface area contributed by atoms with Crippen molar-refractivity contribution in [3.8, 4) is 0 Å². The van der Waals surface area contributed by atoms with Crippen molar-refractivity contribution in [3.63, 3.8) is 0 Å². The molecule has 15 atom stereocenters. The Balaban J connectivity index is 1.58. The highest BCUT2D eigenvalue weighted by atomic mass is 16.8. The van der Waals surface area contributed by atoms with Gasteiger partial charge in [0.2, 0.25) is 11.8 Å². The second-order valence-corrected chi connectivity index (χ2v) is 17.0. The Morgan fingerprint density at radius 2 is 0.833 bits per heavy atom. The van der Waals surface area contributed by atoms with Crippen LogP contribution in [0.25, 0.3) is 0 Å². The lowest BCUT2D eigenvalue weighted by Gasteiger charge is -2.49. The molecular weight excluding hydrogens is 957 g/mol. The van der Waals surface area contributed by atoms with E-state index in [4.69, 9.17) is 61.6 Å². The summed E-state index contributed by atoms with van der Waals surface area (Å²) in [4.78, 5) is 99.6. The third kappa shape index (κ3) is 16.7. The minimum Gasteiger partial charge on any atom is -0.463 e. The van der Waals surface area contributed by atoms with Crippen molar-refractivity contribution in [2.75, 3.05) is 19.8 Å². The third-order valence-corrected chi connectivity index (χ3v) is 11.0. The number of nitrogens with one attached hydrogen (secondary N) is 2. The first-order valence-electron chi connectivity index (χ1n) is 22.9. The Hall–Kier alpha value is -6.12. The summed E-state index contributed by atoms with van der Waals surface area (Å²) < 4.78 is 77.7. The number of esters is 6. The Labute approximate surface area is 414 Å². The van der Waals surface area contributed by atoms with Crippen LogP contribution < -0.4 is 10.6 Å². The maximum Gasteiger partial charge on any atom is 0.303 e. The first-order valence-corrected chi connectivity index (χ1v) is 22.9. The van der Waals surface area contributed by atoms with Gasteiger partial charge in [-0.25, -0.2) is 0 Å². The standard InChI is InChI=1S/C48H62N2O22/c1-24(51)49-37-42(67-30(7)57)40(65-28(5)55)35(21-60-26(3)53)70-47(37)64-23-34-39(62-19-32-15-11-9-12-16-32)44(63-20-33-17-13-10-14-18-33)45(46(59)69-34)72-48-38(50-25(2)52)43(68-31(8)58)41(66-29(6)56)36(71-48)22-61-27(4)54/h9-18,34-48,59H,19-23H2,1-8H3,(H,49,51)(H,50,52). The predicted octanol–water partition coefficient (Wildman–Crippen LogP) is 0.588. The van der Waals surface area contributed by atoms with E-state index in [1.165, 1.54) is 6.92 Å². The second kappa shape index (κ2) is 27.1. The van der Waals surface area contributed by atoms with Crippen LogP contribution in [0.5, 0.6) is 0 Å². The number of aliphatic hydroxyl groups excluding tert-OH is 1. The molecule has 2 amide bonds. The molecule has 0 aliphatic carbocycles. The molecule has 3 N–H and O–H groups in total. The minimum absolute atomic E-state index is 0.0889. The van der Waals surface area contributed by atoms with Gasteiger partial charge in [-0.05, 0) is 11.1 Å². The lowest BCUT2D eigenvalue weighted by atomic mass is 9.94.